The maximum Gasteiger partial charge on any atom is 0.337 e. The molecule has 0 radical (unpaired) electrons. The predicted octanol–water partition coefficient (Wildman–Crippen LogP) is 2.60. The summed E-state index contributed by atoms with van der Waals surface area (Å²) < 4.78 is 0. The summed E-state index contributed by atoms with van der Waals surface area (Å²) in [6.45, 7) is 3.07. The monoisotopic (exact) mass is 310 g/mol. The van der Waals surface area contributed by atoms with E-state index < -0.39 is 5.97 Å². The van der Waals surface area contributed by atoms with Gasteiger partial charge in [-0.2, -0.15) is 0 Å². The minimum Gasteiger partial charge on any atom is -0.478 e. The molecular formula is C17H18N4O2. The van der Waals surface area contributed by atoms with Crippen LogP contribution in [0.25, 0.3) is 11.0 Å². The van der Waals surface area contributed by atoms with Crippen molar-refractivity contribution >= 4 is 17.0 Å². The van der Waals surface area contributed by atoms with Crippen molar-refractivity contribution in [1.29, 1.82) is 0 Å². The first-order chi connectivity index (χ1) is 11.0. The number of hydrogen-bond donors (Lipinski definition) is 2. The fraction of sp³-hybridized carbons (Fsp3) is 0.235. The molecule has 0 aliphatic carbocycles. The number of carboxylic acids is 1. The van der Waals surface area contributed by atoms with Crippen molar-refractivity contribution < 1.29 is 9.90 Å². The largest absolute Gasteiger partial charge is 0.478 e. The molecule has 0 bridgehead atoms. The first kappa shape index (κ1) is 15.2. The van der Waals surface area contributed by atoms with E-state index in [1.54, 1.807) is 18.3 Å². The van der Waals surface area contributed by atoms with Gasteiger partial charge in [0.2, 0.25) is 0 Å². The second-order valence-electron chi connectivity index (χ2n) is 5.68. The summed E-state index contributed by atoms with van der Waals surface area (Å²) in [5, 5.41) is 9.21. The fourth-order valence-corrected chi connectivity index (χ4v) is 2.58. The molecular weight excluding hydrogens is 292 g/mol. The molecule has 0 saturated heterocycles. The molecule has 0 aliphatic heterocycles. The van der Waals surface area contributed by atoms with Crippen LogP contribution in [0.3, 0.4) is 0 Å². The lowest BCUT2D eigenvalue weighted by Gasteiger charge is -2.15. The Morgan fingerprint density at radius 3 is 2.91 bits per heavy atom. The molecule has 6 nitrogen and oxygen atoms in total. The molecule has 2 aromatic heterocycles. The molecule has 0 atom stereocenters. The quantitative estimate of drug-likeness (QED) is 0.757. The van der Waals surface area contributed by atoms with Gasteiger partial charge >= 0.3 is 5.97 Å². The molecule has 0 saturated carbocycles. The zero-order valence-electron chi connectivity index (χ0n) is 13.1. The van der Waals surface area contributed by atoms with E-state index in [2.05, 4.69) is 21.0 Å². The van der Waals surface area contributed by atoms with Crippen molar-refractivity contribution in [2.75, 3.05) is 7.05 Å². The lowest BCUT2D eigenvalue weighted by atomic mass is 10.2. The Labute approximate surface area is 133 Å². The minimum atomic E-state index is -0.958. The van der Waals surface area contributed by atoms with E-state index in [9.17, 15) is 9.90 Å². The summed E-state index contributed by atoms with van der Waals surface area (Å²) in [6, 6.07) is 9.29. The summed E-state index contributed by atoms with van der Waals surface area (Å²) >= 11 is 0. The number of aromatic nitrogens is 3. The average molecular weight is 310 g/mol. The van der Waals surface area contributed by atoms with Gasteiger partial charge in [-0.1, -0.05) is 6.07 Å². The van der Waals surface area contributed by atoms with E-state index >= 15 is 0 Å². The molecule has 0 fully saturated rings. The Bertz CT molecular complexity index is 857. The molecule has 0 unspecified atom stereocenters. The molecule has 2 N–H and O–H groups in total. The van der Waals surface area contributed by atoms with Crippen LogP contribution >= 0.6 is 0 Å². The van der Waals surface area contributed by atoms with Crippen LogP contribution in [0.15, 0.2) is 36.5 Å². The first-order valence-corrected chi connectivity index (χ1v) is 7.34. The van der Waals surface area contributed by atoms with Gasteiger partial charge in [0.05, 0.1) is 28.8 Å². The van der Waals surface area contributed by atoms with Gasteiger partial charge in [0.25, 0.3) is 0 Å². The minimum absolute atomic E-state index is 0.236. The summed E-state index contributed by atoms with van der Waals surface area (Å²) in [4.78, 5) is 25.3. The van der Waals surface area contributed by atoms with Gasteiger partial charge in [-0.05, 0) is 43.8 Å². The number of rotatable bonds is 5. The van der Waals surface area contributed by atoms with E-state index in [-0.39, 0.29) is 5.56 Å². The van der Waals surface area contributed by atoms with Gasteiger partial charge in [0, 0.05) is 12.7 Å². The Morgan fingerprint density at radius 1 is 1.30 bits per heavy atom. The lowest BCUT2D eigenvalue weighted by molar-refractivity contribution is 0.0694. The second-order valence-corrected chi connectivity index (χ2v) is 5.68. The summed E-state index contributed by atoms with van der Waals surface area (Å²) in [5.74, 6) is -0.110. The molecule has 3 aromatic rings. The number of nitrogens with zero attached hydrogens (tertiary/aromatic N) is 3. The Balaban J connectivity index is 1.76. The molecule has 118 valence electrons. The molecule has 6 heteroatoms. The lowest BCUT2D eigenvalue weighted by Crippen LogP contribution is -2.20. The van der Waals surface area contributed by atoms with Crippen LogP contribution in [0.2, 0.25) is 0 Å². The molecule has 2 heterocycles. The molecule has 3 rings (SSSR count). The molecule has 23 heavy (non-hydrogen) atoms. The standard InChI is InChI=1S/C17H18N4O2/c1-11-5-6-13-14(8-11)20-16(19-13)10-21(2)9-15-12(17(22)23)4-3-7-18-15/h3-8H,9-10H2,1-2H3,(H,19,20)(H,22,23). The molecule has 0 aliphatic rings. The van der Waals surface area contributed by atoms with Crippen LogP contribution in [0, 0.1) is 6.92 Å². The van der Waals surface area contributed by atoms with E-state index in [0.29, 0.717) is 18.8 Å². The van der Waals surface area contributed by atoms with Gasteiger partial charge in [0.1, 0.15) is 5.82 Å². The first-order valence-electron chi connectivity index (χ1n) is 7.34. The zero-order valence-corrected chi connectivity index (χ0v) is 13.1. The number of aromatic amines is 1. The third kappa shape index (κ3) is 3.37. The SMILES string of the molecule is Cc1ccc2nc(CN(C)Cc3ncccc3C(=O)O)[nH]c2c1. The third-order valence-electron chi connectivity index (χ3n) is 3.65. The van der Waals surface area contributed by atoms with Gasteiger partial charge < -0.3 is 10.1 Å². The highest BCUT2D eigenvalue weighted by Crippen LogP contribution is 2.15. The maximum absolute atomic E-state index is 11.2. The topological polar surface area (TPSA) is 82.1 Å². The number of carbonyl (C=O) groups is 1. The maximum atomic E-state index is 11.2. The van der Waals surface area contributed by atoms with Gasteiger partial charge in [-0.25, -0.2) is 9.78 Å². The average Bonchev–Trinajstić information content (AvgIpc) is 2.88. The number of imidazole rings is 1. The third-order valence-corrected chi connectivity index (χ3v) is 3.65. The molecule has 0 amide bonds. The highest BCUT2D eigenvalue weighted by atomic mass is 16.4. The predicted molar refractivity (Wildman–Crippen MR) is 87.2 cm³/mol. The van der Waals surface area contributed by atoms with E-state index in [1.807, 2.05) is 31.0 Å². The summed E-state index contributed by atoms with van der Waals surface area (Å²) in [5.41, 5.74) is 3.91. The van der Waals surface area contributed by atoms with Crippen LogP contribution in [0.4, 0.5) is 0 Å². The highest BCUT2D eigenvalue weighted by Gasteiger charge is 2.13. The fourth-order valence-electron chi connectivity index (χ4n) is 2.58. The number of aryl methyl sites for hydroxylation is 1. The number of pyridine rings is 1. The van der Waals surface area contributed by atoms with E-state index in [4.69, 9.17) is 0 Å². The van der Waals surface area contributed by atoms with Gasteiger partial charge in [-0.3, -0.25) is 9.88 Å². The number of hydrogen-bond acceptors (Lipinski definition) is 4. The summed E-state index contributed by atoms with van der Waals surface area (Å²) in [7, 11) is 1.92. The number of aromatic carboxylic acids is 1. The summed E-state index contributed by atoms with van der Waals surface area (Å²) in [6.07, 6.45) is 1.61. The van der Waals surface area contributed by atoms with Gasteiger partial charge in [0.15, 0.2) is 0 Å². The van der Waals surface area contributed by atoms with Crippen molar-refractivity contribution in [3.05, 3.63) is 59.2 Å². The number of H-pyrrole nitrogens is 1. The van der Waals surface area contributed by atoms with Crippen LogP contribution in [-0.2, 0) is 13.1 Å². The molecule has 0 spiro atoms. The Hall–Kier alpha value is -2.73. The smallest absolute Gasteiger partial charge is 0.337 e. The Kier molecular flexibility index (Phi) is 4.08. The van der Waals surface area contributed by atoms with Gasteiger partial charge in [-0.15, -0.1) is 0 Å². The van der Waals surface area contributed by atoms with Crippen molar-refractivity contribution in [3.8, 4) is 0 Å². The number of carboxylic acid groups (broad SMARTS) is 1. The van der Waals surface area contributed by atoms with Crippen LogP contribution in [0.1, 0.15) is 27.4 Å². The number of nitrogens with one attached hydrogen (secondary N) is 1. The molecule has 1 aromatic carbocycles. The van der Waals surface area contributed by atoms with E-state index in [0.717, 1.165) is 16.9 Å². The normalized spacial score (nSPS) is 11.3. The van der Waals surface area contributed by atoms with Crippen molar-refractivity contribution in [1.82, 2.24) is 19.9 Å². The van der Waals surface area contributed by atoms with Crippen molar-refractivity contribution in [2.45, 2.75) is 20.0 Å². The second kappa shape index (κ2) is 6.18. The van der Waals surface area contributed by atoms with Crippen LogP contribution in [-0.4, -0.2) is 38.0 Å². The number of fused-ring (bicyclic) bond motifs is 1. The van der Waals surface area contributed by atoms with Crippen molar-refractivity contribution in [3.63, 3.8) is 0 Å². The van der Waals surface area contributed by atoms with Crippen LogP contribution < -0.4 is 0 Å². The Morgan fingerprint density at radius 2 is 2.13 bits per heavy atom. The highest BCUT2D eigenvalue weighted by molar-refractivity contribution is 5.88. The zero-order chi connectivity index (χ0) is 16.4. The van der Waals surface area contributed by atoms with Crippen molar-refractivity contribution in [2.24, 2.45) is 0 Å². The number of benzene rings is 1. The van der Waals surface area contributed by atoms with E-state index in [1.165, 1.54) is 5.56 Å². The van der Waals surface area contributed by atoms with Crippen LogP contribution in [0.5, 0.6) is 0 Å².